The fraction of sp³-hybridized carbons (Fsp3) is 0.958. The van der Waals surface area contributed by atoms with E-state index in [1.807, 2.05) is 39.6 Å². The molecule has 12 heteroatoms. The van der Waals surface area contributed by atoms with Gasteiger partial charge in [-0.1, -0.05) is 69.2 Å². The van der Waals surface area contributed by atoms with Gasteiger partial charge in [0.2, 0.25) is 15.9 Å². The maximum atomic E-state index is 12.0. The summed E-state index contributed by atoms with van der Waals surface area (Å²) < 4.78 is 29.6. The fourth-order valence-electron chi connectivity index (χ4n) is 6.08. The van der Waals surface area contributed by atoms with Crippen LogP contribution < -0.4 is 0 Å². The summed E-state index contributed by atoms with van der Waals surface area (Å²) in [6.07, 6.45) is 7.51. The van der Waals surface area contributed by atoms with E-state index in [1.54, 1.807) is 25.1 Å². The van der Waals surface area contributed by atoms with Crippen LogP contribution in [0.5, 0.6) is 0 Å². The third-order valence-electron chi connectivity index (χ3n) is 9.70. The number of hydrogen-bond donors (Lipinski definition) is 0. The van der Waals surface area contributed by atoms with Crippen molar-refractivity contribution in [3.05, 3.63) is 0 Å². The molecule has 0 aromatic heterocycles. The van der Waals surface area contributed by atoms with Gasteiger partial charge in [0.05, 0.1) is 11.3 Å². The van der Waals surface area contributed by atoms with E-state index in [1.165, 1.54) is 64.9 Å². The molecule has 0 saturated carbocycles. The molecular formula is C48H107N7O4S. The number of rotatable bonds is 1. The van der Waals surface area contributed by atoms with Crippen molar-refractivity contribution >= 4 is 22.3 Å². The number of carbonyl (C=O) groups excluding carboxylic acids is 1. The second-order valence-electron chi connectivity index (χ2n) is 21.2. The number of ether oxygens (including phenoxy) is 1. The average molecular weight is 878 g/mol. The summed E-state index contributed by atoms with van der Waals surface area (Å²) in [5.74, 6) is 0.313. The number of aliphatic imine (C=N–C) groups is 1. The van der Waals surface area contributed by atoms with E-state index >= 15 is 0 Å². The number of amides is 1. The zero-order valence-electron chi connectivity index (χ0n) is 43.5. The van der Waals surface area contributed by atoms with E-state index in [0.29, 0.717) is 35.5 Å². The van der Waals surface area contributed by atoms with Crippen LogP contribution in [0.4, 0.5) is 0 Å². The molecule has 0 atom stereocenters. The van der Waals surface area contributed by atoms with Crippen molar-refractivity contribution < 1.29 is 17.9 Å². The van der Waals surface area contributed by atoms with Gasteiger partial charge >= 0.3 is 0 Å². The van der Waals surface area contributed by atoms with Gasteiger partial charge in [-0.05, 0) is 135 Å². The molecular weight excluding hydrogens is 771 g/mol. The predicted octanol–water partition coefficient (Wildman–Crippen LogP) is 9.86. The van der Waals surface area contributed by atoms with Crippen molar-refractivity contribution in [1.29, 1.82) is 0 Å². The summed E-state index contributed by atoms with van der Waals surface area (Å²) in [5, 5.41) is 0. The Morgan fingerprint density at radius 1 is 0.550 bits per heavy atom. The first-order valence-electron chi connectivity index (χ1n) is 23.1. The minimum atomic E-state index is -3.12. The molecule has 0 radical (unpaired) electrons. The molecule has 0 aliphatic carbocycles. The van der Waals surface area contributed by atoms with Crippen LogP contribution in [0.1, 0.15) is 178 Å². The number of piperazine rings is 2. The third kappa shape index (κ3) is 31.5. The molecule has 4 saturated heterocycles. The molecule has 0 bridgehead atoms. The topological polar surface area (TPSA) is 92.2 Å². The Bertz CT molecular complexity index is 1160. The van der Waals surface area contributed by atoms with Crippen LogP contribution in [-0.4, -0.2) is 170 Å². The molecule has 5 aliphatic rings. The van der Waals surface area contributed by atoms with Crippen LogP contribution >= 0.6 is 0 Å². The van der Waals surface area contributed by atoms with E-state index in [-0.39, 0.29) is 13.0 Å². The second kappa shape index (κ2) is 31.5. The fourth-order valence-corrected chi connectivity index (χ4v) is 7.50. The standard InChI is InChI=1S/C9H20N2O2S.C9H20N2.C9H19N.C8H15NO.C5H12.C3H5NO.2C2H6.CH4/c1-9(2,3)14(12,13)11-7-5-10(4)6-8-11;1-9(2,3)11-7-5-10(4)6-8-11;1-9(2,3)10-7-5-4-6-8-10;1-8(2,3)9-6-4-5-7(9)10;1-5(2,3)4;1-2-5-3-4-1;2*1-2;/h5-8H2,1-4H3;5-8H2,1-4H3;4-8H2,1-3H3;4-6H2,1-3H3;1-4H3;3H,1-2H2;2*1-2H3;1H4. The number of likely N-dealkylation sites (N-methyl/N-ethyl adjacent to an activating group) is 2. The maximum Gasteiger partial charge on any atom is 0.223 e. The van der Waals surface area contributed by atoms with Gasteiger partial charge in [-0.3, -0.25) is 19.6 Å². The van der Waals surface area contributed by atoms with E-state index < -0.39 is 14.8 Å². The van der Waals surface area contributed by atoms with Crippen molar-refractivity contribution in [3.8, 4) is 0 Å². The number of likely N-dealkylation sites (tertiary alicyclic amines) is 2. The zero-order valence-corrected chi connectivity index (χ0v) is 44.3. The lowest BCUT2D eigenvalue weighted by molar-refractivity contribution is -0.131. The van der Waals surface area contributed by atoms with Crippen molar-refractivity contribution in [2.75, 3.05) is 99.2 Å². The molecule has 0 aromatic rings. The summed E-state index contributed by atoms with van der Waals surface area (Å²) >= 11 is 0. The van der Waals surface area contributed by atoms with Gasteiger partial charge < -0.3 is 19.4 Å². The third-order valence-corrected chi connectivity index (χ3v) is 12.3. The average Bonchev–Trinajstić information content (AvgIpc) is 3.86. The monoisotopic (exact) mass is 878 g/mol. The van der Waals surface area contributed by atoms with E-state index in [0.717, 1.165) is 45.6 Å². The summed E-state index contributed by atoms with van der Waals surface area (Å²) in [6.45, 7) is 55.0. The molecule has 5 rings (SSSR count). The molecule has 0 unspecified atom stereocenters. The van der Waals surface area contributed by atoms with Crippen LogP contribution in [-0.2, 0) is 19.6 Å². The molecule has 4 fully saturated rings. The SMILES string of the molecule is C.C1=NCCO1.CC.CC.CC(C)(C)C.CC(C)(C)N1CCCC1=O.CC(C)(C)N1CCCCC1.CN1CCN(C(C)(C)C)CC1.CN1CCN(S(=O)(=O)C(C)(C)C)CC1. The normalized spacial score (nSPS) is 19.7. The van der Waals surface area contributed by atoms with Crippen molar-refractivity contribution in [2.24, 2.45) is 10.4 Å². The smallest absolute Gasteiger partial charge is 0.223 e. The highest BCUT2D eigenvalue weighted by Gasteiger charge is 2.36. The first-order valence-corrected chi connectivity index (χ1v) is 24.6. The molecule has 11 nitrogen and oxygen atoms in total. The number of piperidine rings is 1. The lowest BCUT2D eigenvalue weighted by Crippen LogP contribution is -2.52. The minimum absolute atomic E-state index is 0. The Morgan fingerprint density at radius 2 is 0.933 bits per heavy atom. The van der Waals surface area contributed by atoms with Gasteiger partial charge in [0.1, 0.15) is 6.61 Å². The van der Waals surface area contributed by atoms with Crippen molar-refractivity contribution in [1.82, 2.24) is 28.8 Å². The van der Waals surface area contributed by atoms with E-state index in [4.69, 9.17) is 0 Å². The number of nitrogens with zero attached hydrogens (tertiary/aromatic N) is 7. The molecule has 5 heterocycles. The molecule has 1 amide bonds. The first kappa shape index (κ1) is 65.3. The van der Waals surface area contributed by atoms with Crippen LogP contribution in [0.25, 0.3) is 0 Å². The summed E-state index contributed by atoms with van der Waals surface area (Å²) in [7, 11) is 1.09. The highest BCUT2D eigenvalue weighted by atomic mass is 32.2. The van der Waals surface area contributed by atoms with E-state index in [2.05, 4.69) is 126 Å². The Labute approximate surface area is 376 Å². The largest absolute Gasteiger partial charge is 0.482 e. The predicted molar refractivity (Wildman–Crippen MR) is 266 cm³/mol. The number of sulfonamides is 1. The van der Waals surface area contributed by atoms with Crippen molar-refractivity contribution in [2.45, 2.75) is 199 Å². The molecule has 0 N–H and O–H groups in total. The lowest BCUT2D eigenvalue weighted by atomic mass is 10.0. The Morgan fingerprint density at radius 3 is 1.17 bits per heavy atom. The van der Waals surface area contributed by atoms with Crippen LogP contribution in [0, 0.1) is 5.41 Å². The minimum Gasteiger partial charge on any atom is -0.482 e. The Kier molecular flexibility index (Phi) is 34.3. The van der Waals surface area contributed by atoms with Gasteiger partial charge in [0.25, 0.3) is 0 Å². The quantitative estimate of drug-likeness (QED) is 0.257. The molecule has 5 aliphatic heterocycles. The second-order valence-corrected chi connectivity index (χ2v) is 23.9. The molecule has 0 aromatic carbocycles. The highest BCUT2D eigenvalue weighted by molar-refractivity contribution is 7.90. The van der Waals surface area contributed by atoms with Gasteiger partial charge in [-0.2, -0.15) is 4.31 Å². The van der Waals surface area contributed by atoms with Crippen molar-refractivity contribution in [3.63, 3.8) is 0 Å². The van der Waals surface area contributed by atoms with Crippen LogP contribution in [0.3, 0.4) is 0 Å². The van der Waals surface area contributed by atoms with Gasteiger partial charge in [-0.15, -0.1) is 0 Å². The number of hydrogen-bond acceptors (Lipinski definition) is 9. The molecule has 364 valence electrons. The van der Waals surface area contributed by atoms with Gasteiger partial charge in [0, 0.05) is 81.9 Å². The van der Waals surface area contributed by atoms with Gasteiger partial charge in [0.15, 0.2) is 6.40 Å². The number of carbonyl (C=O) groups is 1. The summed E-state index contributed by atoms with van der Waals surface area (Å²) in [4.78, 5) is 26.5. The Hall–Kier alpha value is -1.31. The maximum absolute atomic E-state index is 12.0. The van der Waals surface area contributed by atoms with E-state index in [9.17, 15) is 13.2 Å². The molecule has 0 spiro atoms. The Balaban J connectivity index is -0.000000316. The highest BCUT2D eigenvalue weighted by Crippen LogP contribution is 2.22. The van der Waals surface area contributed by atoms with Crippen LogP contribution in [0.15, 0.2) is 4.99 Å². The first-order chi connectivity index (χ1) is 26.9. The summed E-state index contributed by atoms with van der Waals surface area (Å²) in [5.41, 5.74) is 1.30. The summed E-state index contributed by atoms with van der Waals surface area (Å²) in [6, 6.07) is 0. The zero-order chi connectivity index (χ0) is 46.9. The lowest BCUT2D eigenvalue weighted by Gasteiger charge is -2.41. The molecule has 60 heavy (non-hydrogen) atoms. The van der Waals surface area contributed by atoms with Gasteiger partial charge in [-0.25, -0.2) is 8.42 Å². The van der Waals surface area contributed by atoms with Crippen LogP contribution in [0.2, 0.25) is 0 Å².